The maximum absolute atomic E-state index is 10.7. The van der Waals surface area contributed by atoms with Gasteiger partial charge in [-0.2, -0.15) is 5.10 Å². The second-order valence-electron chi connectivity index (χ2n) is 3.08. The van der Waals surface area contributed by atoms with Gasteiger partial charge in [-0.25, -0.2) is 0 Å². The normalized spacial score (nSPS) is 12.8. The Hall–Kier alpha value is -1.16. The van der Waals surface area contributed by atoms with Crippen LogP contribution in [0.2, 0.25) is 0 Å². The fourth-order valence-corrected chi connectivity index (χ4v) is 1.49. The standard InChI is InChI=1S/C9H14N2O2/c1-7(6-13-3)9-8(5-12)4-10-11(9)2/h4-5,7H,6H2,1-3H3. The Labute approximate surface area is 77.5 Å². The molecule has 4 heteroatoms. The average molecular weight is 182 g/mol. The van der Waals surface area contributed by atoms with E-state index in [9.17, 15) is 4.79 Å². The lowest BCUT2D eigenvalue weighted by atomic mass is 10.1. The molecule has 0 saturated heterocycles. The molecule has 1 aromatic heterocycles. The Morgan fingerprint density at radius 2 is 2.46 bits per heavy atom. The highest BCUT2D eigenvalue weighted by molar-refractivity contribution is 5.76. The van der Waals surface area contributed by atoms with Crippen molar-refractivity contribution in [2.45, 2.75) is 12.8 Å². The van der Waals surface area contributed by atoms with Gasteiger partial charge in [0.1, 0.15) is 0 Å². The second-order valence-corrected chi connectivity index (χ2v) is 3.08. The second kappa shape index (κ2) is 4.18. The monoisotopic (exact) mass is 182 g/mol. The van der Waals surface area contributed by atoms with Gasteiger partial charge in [0.05, 0.1) is 24.1 Å². The average Bonchev–Trinajstić information content (AvgIpc) is 2.47. The number of nitrogens with zero attached hydrogens (tertiary/aromatic N) is 2. The van der Waals surface area contributed by atoms with Crippen molar-refractivity contribution in [2.75, 3.05) is 13.7 Å². The number of aldehydes is 1. The van der Waals surface area contributed by atoms with Crippen LogP contribution in [-0.4, -0.2) is 29.8 Å². The molecule has 0 aliphatic carbocycles. The zero-order chi connectivity index (χ0) is 9.84. The molecule has 4 nitrogen and oxygen atoms in total. The number of aryl methyl sites for hydroxylation is 1. The van der Waals surface area contributed by atoms with E-state index in [2.05, 4.69) is 5.10 Å². The SMILES string of the molecule is COCC(C)c1c(C=O)cnn1C. The summed E-state index contributed by atoms with van der Waals surface area (Å²) in [6, 6.07) is 0. The smallest absolute Gasteiger partial charge is 0.153 e. The summed E-state index contributed by atoms with van der Waals surface area (Å²) < 4.78 is 6.74. The van der Waals surface area contributed by atoms with Crippen molar-refractivity contribution in [2.24, 2.45) is 7.05 Å². The first-order valence-electron chi connectivity index (χ1n) is 4.16. The van der Waals surface area contributed by atoms with Crippen LogP contribution in [0.3, 0.4) is 0 Å². The first kappa shape index (κ1) is 9.92. The molecule has 0 aromatic carbocycles. The van der Waals surface area contributed by atoms with Crippen molar-refractivity contribution in [1.29, 1.82) is 0 Å². The predicted molar refractivity (Wildman–Crippen MR) is 48.9 cm³/mol. The van der Waals surface area contributed by atoms with Gasteiger partial charge in [-0.1, -0.05) is 6.92 Å². The zero-order valence-corrected chi connectivity index (χ0v) is 8.15. The lowest BCUT2D eigenvalue weighted by molar-refractivity contribution is 0.112. The summed E-state index contributed by atoms with van der Waals surface area (Å²) in [5, 5.41) is 4.02. The van der Waals surface area contributed by atoms with Gasteiger partial charge in [-0.15, -0.1) is 0 Å². The molecule has 1 heterocycles. The first-order valence-corrected chi connectivity index (χ1v) is 4.16. The fraction of sp³-hybridized carbons (Fsp3) is 0.556. The van der Waals surface area contributed by atoms with Crippen LogP contribution in [0.5, 0.6) is 0 Å². The Morgan fingerprint density at radius 1 is 1.77 bits per heavy atom. The van der Waals surface area contributed by atoms with Crippen LogP contribution in [0, 0.1) is 0 Å². The molecule has 72 valence electrons. The van der Waals surface area contributed by atoms with Gasteiger partial charge in [-0.05, 0) is 0 Å². The quantitative estimate of drug-likeness (QED) is 0.652. The third kappa shape index (κ3) is 1.95. The number of methoxy groups -OCH3 is 1. The van der Waals surface area contributed by atoms with Crippen molar-refractivity contribution in [3.8, 4) is 0 Å². The van der Waals surface area contributed by atoms with E-state index in [1.165, 1.54) is 0 Å². The number of hydrogen-bond acceptors (Lipinski definition) is 3. The minimum absolute atomic E-state index is 0.192. The maximum Gasteiger partial charge on any atom is 0.153 e. The first-order chi connectivity index (χ1) is 6.20. The van der Waals surface area contributed by atoms with Crippen molar-refractivity contribution >= 4 is 6.29 Å². The van der Waals surface area contributed by atoms with Crippen molar-refractivity contribution in [3.63, 3.8) is 0 Å². The summed E-state index contributed by atoms with van der Waals surface area (Å²) in [4.78, 5) is 10.7. The molecule has 0 radical (unpaired) electrons. The Morgan fingerprint density at radius 3 is 3.00 bits per heavy atom. The third-order valence-electron chi connectivity index (χ3n) is 2.02. The van der Waals surface area contributed by atoms with Crippen molar-refractivity contribution in [3.05, 3.63) is 17.5 Å². The van der Waals surface area contributed by atoms with Crippen LogP contribution < -0.4 is 0 Å². The molecule has 0 aliphatic rings. The van der Waals surface area contributed by atoms with Gasteiger partial charge in [0.25, 0.3) is 0 Å². The number of ether oxygens (including phenoxy) is 1. The van der Waals surface area contributed by atoms with E-state index in [-0.39, 0.29) is 5.92 Å². The van der Waals surface area contributed by atoms with E-state index in [1.807, 2.05) is 14.0 Å². The summed E-state index contributed by atoms with van der Waals surface area (Å²) in [6.45, 7) is 2.61. The van der Waals surface area contributed by atoms with Gasteiger partial charge in [0, 0.05) is 20.1 Å². The van der Waals surface area contributed by atoms with E-state index in [1.54, 1.807) is 18.0 Å². The number of rotatable bonds is 4. The summed E-state index contributed by atoms with van der Waals surface area (Å²) >= 11 is 0. The molecular weight excluding hydrogens is 168 g/mol. The molecule has 1 atom stereocenters. The molecule has 0 N–H and O–H groups in total. The van der Waals surface area contributed by atoms with Crippen LogP contribution in [-0.2, 0) is 11.8 Å². The highest BCUT2D eigenvalue weighted by Crippen LogP contribution is 2.17. The highest BCUT2D eigenvalue weighted by atomic mass is 16.5. The van der Waals surface area contributed by atoms with E-state index < -0.39 is 0 Å². The molecule has 1 aromatic rings. The van der Waals surface area contributed by atoms with Crippen LogP contribution >= 0.6 is 0 Å². The van der Waals surface area contributed by atoms with E-state index in [0.29, 0.717) is 12.2 Å². The van der Waals surface area contributed by atoms with Gasteiger partial charge in [-0.3, -0.25) is 9.48 Å². The molecule has 0 fully saturated rings. The molecule has 13 heavy (non-hydrogen) atoms. The summed E-state index contributed by atoms with van der Waals surface area (Å²) in [5.41, 5.74) is 1.57. The summed E-state index contributed by atoms with van der Waals surface area (Å²) in [5.74, 6) is 0.192. The predicted octanol–water partition coefficient (Wildman–Crippen LogP) is 0.983. The maximum atomic E-state index is 10.7. The lowest BCUT2D eigenvalue weighted by Gasteiger charge is -2.11. The number of hydrogen-bond donors (Lipinski definition) is 0. The van der Waals surface area contributed by atoms with E-state index in [4.69, 9.17) is 4.74 Å². The molecule has 0 amide bonds. The molecule has 1 rings (SSSR count). The molecular formula is C9H14N2O2. The van der Waals surface area contributed by atoms with Crippen LogP contribution in [0.25, 0.3) is 0 Å². The van der Waals surface area contributed by atoms with E-state index >= 15 is 0 Å². The molecule has 1 unspecified atom stereocenters. The van der Waals surface area contributed by atoms with Crippen LogP contribution in [0.15, 0.2) is 6.20 Å². The largest absolute Gasteiger partial charge is 0.384 e. The molecule has 0 saturated carbocycles. The summed E-state index contributed by atoms with van der Waals surface area (Å²) in [6.07, 6.45) is 2.41. The van der Waals surface area contributed by atoms with Gasteiger partial charge in [0.15, 0.2) is 6.29 Å². The molecule has 0 aliphatic heterocycles. The van der Waals surface area contributed by atoms with Crippen molar-refractivity contribution in [1.82, 2.24) is 9.78 Å². The minimum Gasteiger partial charge on any atom is -0.384 e. The van der Waals surface area contributed by atoms with Gasteiger partial charge >= 0.3 is 0 Å². The van der Waals surface area contributed by atoms with Gasteiger partial charge in [0.2, 0.25) is 0 Å². The highest BCUT2D eigenvalue weighted by Gasteiger charge is 2.14. The minimum atomic E-state index is 0.192. The fourth-order valence-electron chi connectivity index (χ4n) is 1.49. The Kier molecular flexibility index (Phi) is 3.19. The van der Waals surface area contributed by atoms with E-state index in [0.717, 1.165) is 12.0 Å². The zero-order valence-electron chi connectivity index (χ0n) is 8.15. The van der Waals surface area contributed by atoms with Gasteiger partial charge < -0.3 is 4.74 Å². The topological polar surface area (TPSA) is 44.1 Å². The summed E-state index contributed by atoms with van der Waals surface area (Å²) in [7, 11) is 3.47. The number of carbonyl (C=O) groups excluding carboxylic acids is 1. The Balaban J connectivity index is 2.95. The number of carbonyl (C=O) groups is 1. The van der Waals surface area contributed by atoms with Crippen LogP contribution in [0.1, 0.15) is 28.9 Å². The molecule has 0 spiro atoms. The van der Waals surface area contributed by atoms with Crippen molar-refractivity contribution < 1.29 is 9.53 Å². The molecule has 0 bridgehead atoms. The Bertz CT molecular complexity index is 294. The van der Waals surface area contributed by atoms with Crippen LogP contribution in [0.4, 0.5) is 0 Å². The lowest BCUT2D eigenvalue weighted by Crippen LogP contribution is -2.09. The number of aromatic nitrogens is 2. The third-order valence-corrected chi connectivity index (χ3v) is 2.02.